The summed E-state index contributed by atoms with van der Waals surface area (Å²) in [5, 5.41) is 3.01. The van der Waals surface area contributed by atoms with Crippen LogP contribution in [-0.4, -0.2) is 31.0 Å². The molecule has 0 aromatic rings. The van der Waals surface area contributed by atoms with E-state index < -0.39 is 0 Å². The third-order valence-electron chi connectivity index (χ3n) is 3.59. The molecule has 2 unspecified atom stereocenters. The molecule has 0 aromatic carbocycles. The van der Waals surface area contributed by atoms with Crippen LogP contribution in [0.15, 0.2) is 0 Å². The average Bonchev–Trinajstić information content (AvgIpc) is 2.91. The predicted molar refractivity (Wildman–Crippen MR) is 58.9 cm³/mol. The van der Waals surface area contributed by atoms with Gasteiger partial charge in [-0.25, -0.2) is 0 Å². The minimum atomic E-state index is 0.0381. The molecule has 0 aromatic heterocycles. The van der Waals surface area contributed by atoms with E-state index in [0.29, 0.717) is 12.5 Å². The van der Waals surface area contributed by atoms with Crippen LogP contribution in [0.1, 0.15) is 26.2 Å². The number of amides is 1. The van der Waals surface area contributed by atoms with Gasteiger partial charge in [-0.2, -0.15) is 0 Å². The third kappa shape index (κ3) is 2.45. The lowest BCUT2D eigenvalue weighted by molar-refractivity contribution is -0.126. The van der Waals surface area contributed by atoms with Crippen molar-refractivity contribution in [1.82, 2.24) is 5.32 Å². The predicted octanol–water partition coefficient (Wildman–Crippen LogP) is 1.55. The maximum Gasteiger partial charge on any atom is 0.225 e. The maximum absolute atomic E-state index is 11.8. The fourth-order valence-electron chi connectivity index (χ4n) is 2.02. The topological polar surface area (TPSA) is 38.3 Å². The zero-order valence-corrected chi connectivity index (χ0v) is 9.85. The Morgan fingerprint density at radius 1 is 1.60 bits per heavy atom. The van der Waals surface area contributed by atoms with Crippen LogP contribution in [0.5, 0.6) is 0 Å². The smallest absolute Gasteiger partial charge is 0.225 e. The number of hydrogen-bond donors (Lipinski definition) is 1. The van der Waals surface area contributed by atoms with Gasteiger partial charge in [0.2, 0.25) is 5.91 Å². The van der Waals surface area contributed by atoms with Crippen LogP contribution in [0, 0.1) is 11.3 Å². The van der Waals surface area contributed by atoms with E-state index in [2.05, 4.69) is 5.32 Å². The Bertz CT molecular complexity index is 253. The second-order valence-electron chi connectivity index (χ2n) is 4.82. The Balaban J connectivity index is 1.77. The molecule has 3 nitrogen and oxygen atoms in total. The highest BCUT2D eigenvalue weighted by Crippen LogP contribution is 2.45. The fourth-order valence-corrected chi connectivity index (χ4v) is 2.38. The lowest BCUT2D eigenvalue weighted by Gasteiger charge is -2.17. The van der Waals surface area contributed by atoms with Crippen molar-refractivity contribution < 1.29 is 9.53 Å². The fraction of sp³-hybridized carbons (Fsp3) is 0.909. The van der Waals surface area contributed by atoms with Gasteiger partial charge in [0.15, 0.2) is 0 Å². The van der Waals surface area contributed by atoms with E-state index in [9.17, 15) is 4.79 Å². The quantitative estimate of drug-likeness (QED) is 0.746. The van der Waals surface area contributed by atoms with Gasteiger partial charge in [0.05, 0.1) is 12.0 Å². The van der Waals surface area contributed by atoms with Crippen LogP contribution in [0.3, 0.4) is 0 Å². The van der Waals surface area contributed by atoms with E-state index in [1.165, 1.54) is 0 Å². The van der Waals surface area contributed by atoms with Crippen molar-refractivity contribution in [3.05, 3.63) is 0 Å². The molecule has 1 amide bonds. The van der Waals surface area contributed by atoms with E-state index in [1.54, 1.807) is 0 Å². The van der Waals surface area contributed by atoms with Gasteiger partial charge in [0, 0.05) is 24.4 Å². The molecular formula is C11H18ClNO2. The monoisotopic (exact) mass is 231 g/mol. The van der Waals surface area contributed by atoms with Crippen molar-refractivity contribution in [3.63, 3.8) is 0 Å². The summed E-state index contributed by atoms with van der Waals surface area (Å²) in [7, 11) is 0. The largest absolute Gasteiger partial charge is 0.378 e. The highest BCUT2D eigenvalue weighted by atomic mass is 35.5. The summed E-state index contributed by atoms with van der Waals surface area (Å²) in [4.78, 5) is 11.8. The average molecular weight is 232 g/mol. The molecule has 1 saturated carbocycles. The molecule has 0 bridgehead atoms. The van der Waals surface area contributed by atoms with Gasteiger partial charge in [-0.05, 0) is 26.2 Å². The maximum atomic E-state index is 11.8. The van der Waals surface area contributed by atoms with E-state index in [-0.39, 0.29) is 23.3 Å². The molecule has 1 aliphatic heterocycles. The number of rotatable bonds is 4. The zero-order valence-electron chi connectivity index (χ0n) is 9.09. The molecule has 2 rings (SSSR count). The van der Waals surface area contributed by atoms with Crippen LogP contribution in [-0.2, 0) is 9.53 Å². The molecular weight excluding hydrogens is 214 g/mol. The van der Waals surface area contributed by atoms with Gasteiger partial charge in [0.1, 0.15) is 0 Å². The zero-order chi connectivity index (χ0) is 10.9. The molecule has 4 heteroatoms. The van der Waals surface area contributed by atoms with E-state index in [0.717, 1.165) is 25.8 Å². The van der Waals surface area contributed by atoms with Crippen molar-refractivity contribution in [1.29, 1.82) is 0 Å². The van der Waals surface area contributed by atoms with Gasteiger partial charge in [-0.15, -0.1) is 11.6 Å². The number of carbonyl (C=O) groups is 1. The Morgan fingerprint density at radius 3 is 2.80 bits per heavy atom. The minimum Gasteiger partial charge on any atom is -0.378 e. The number of ether oxygens (including phenoxy) is 1. The lowest BCUT2D eigenvalue weighted by Crippen LogP contribution is -2.38. The summed E-state index contributed by atoms with van der Waals surface area (Å²) in [6, 6.07) is 0. The van der Waals surface area contributed by atoms with Crippen LogP contribution in [0.2, 0.25) is 0 Å². The van der Waals surface area contributed by atoms with Crippen molar-refractivity contribution >= 4 is 17.5 Å². The molecule has 1 saturated heterocycles. The highest BCUT2D eigenvalue weighted by Gasteiger charge is 2.42. The van der Waals surface area contributed by atoms with Crippen molar-refractivity contribution in [2.24, 2.45) is 11.3 Å². The first-order chi connectivity index (χ1) is 7.17. The first-order valence-corrected chi connectivity index (χ1v) is 6.16. The first kappa shape index (κ1) is 11.2. The molecule has 1 heterocycles. The van der Waals surface area contributed by atoms with Crippen molar-refractivity contribution in [3.8, 4) is 0 Å². The normalized spacial score (nSPS) is 32.7. The molecule has 1 N–H and O–H groups in total. The molecule has 0 radical (unpaired) electrons. The Kier molecular flexibility index (Phi) is 3.21. The summed E-state index contributed by atoms with van der Waals surface area (Å²) in [5.74, 6) is 0.830. The number of hydrogen-bond acceptors (Lipinski definition) is 2. The van der Waals surface area contributed by atoms with Crippen LogP contribution in [0.25, 0.3) is 0 Å². The molecule has 15 heavy (non-hydrogen) atoms. The van der Waals surface area contributed by atoms with E-state index >= 15 is 0 Å². The number of carbonyl (C=O) groups excluding carboxylic acids is 1. The summed E-state index contributed by atoms with van der Waals surface area (Å²) in [6.45, 7) is 3.41. The van der Waals surface area contributed by atoms with E-state index in [1.807, 2.05) is 6.92 Å². The van der Waals surface area contributed by atoms with Crippen LogP contribution < -0.4 is 5.32 Å². The highest BCUT2D eigenvalue weighted by molar-refractivity contribution is 6.18. The van der Waals surface area contributed by atoms with Gasteiger partial charge in [-0.1, -0.05) is 0 Å². The van der Waals surface area contributed by atoms with Gasteiger partial charge >= 0.3 is 0 Å². The van der Waals surface area contributed by atoms with Crippen molar-refractivity contribution in [2.45, 2.75) is 32.3 Å². The Hall–Kier alpha value is -0.280. The standard InChI is InChI=1S/C11H18ClNO2/c1-8-9(2-5-15-8)10(14)13-7-11(6-12)3-4-11/h8-9H,2-7H2,1H3,(H,13,14). The minimum absolute atomic E-state index is 0.0381. The third-order valence-corrected chi connectivity index (χ3v) is 4.16. The first-order valence-electron chi connectivity index (χ1n) is 5.62. The van der Waals surface area contributed by atoms with Crippen LogP contribution in [0.4, 0.5) is 0 Å². The molecule has 2 atom stereocenters. The number of alkyl halides is 1. The lowest BCUT2D eigenvalue weighted by atomic mass is 10.0. The van der Waals surface area contributed by atoms with Gasteiger partial charge in [0.25, 0.3) is 0 Å². The van der Waals surface area contributed by atoms with Crippen LogP contribution >= 0.6 is 11.6 Å². The van der Waals surface area contributed by atoms with Gasteiger partial charge < -0.3 is 10.1 Å². The summed E-state index contributed by atoms with van der Waals surface area (Å²) >= 11 is 5.85. The molecule has 2 aliphatic rings. The summed E-state index contributed by atoms with van der Waals surface area (Å²) in [6.07, 6.45) is 3.21. The molecule has 1 aliphatic carbocycles. The van der Waals surface area contributed by atoms with Gasteiger partial charge in [-0.3, -0.25) is 4.79 Å². The summed E-state index contributed by atoms with van der Waals surface area (Å²) < 4.78 is 5.37. The molecule has 0 spiro atoms. The Labute approximate surface area is 95.5 Å². The Morgan fingerprint density at radius 2 is 2.33 bits per heavy atom. The second kappa shape index (κ2) is 4.30. The van der Waals surface area contributed by atoms with Crippen molar-refractivity contribution in [2.75, 3.05) is 19.0 Å². The molecule has 86 valence electrons. The van der Waals surface area contributed by atoms with E-state index in [4.69, 9.17) is 16.3 Å². The number of nitrogens with one attached hydrogen (secondary N) is 1. The second-order valence-corrected chi connectivity index (χ2v) is 5.09. The summed E-state index contributed by atoms with van der Waals surface area (Å²) in [5.41, 5.74) is 0.208. The SMILES string of the molecule is CC1OCCC1C(=O)NCC1(CCl)CC1. The number of halogens is 1. The molecule has 2 fully saturated rings.